The van der Waals surface area contributed by atoms with Crippen molar-refractivity contribution in [3.05, 3.63) is 44.8 Å². The minimum Gasteiger partial charge on any atom is -0.351 e. The lowest BCUT2D eigenvalue weighted by Crippen LogP contribution is -1.98. The van der Waals surface area contributed by atoms with E-state index in [4.69, 9.17) is 0 Å². The average molecular weight is 326 g/mol. The van der Waals surface area contributed by atoms with E-state index in [0.29, 0.717) is 18.0 Å². The Hall–Kier alpha value is -1.40. The van der Waals surface area contributed by atoms with E-state index >= 15 is 0 Å². The molecule has 3 aromatic rings. The molecule has 0 radical (unpaired) electrons. The molecule has 0 atom stereocenters. The normalized spacial score (nSPS) is 11.0. The topological polar surface area (TPSA) is 40.7 Å². The van der Waals surface area contributed by atoms with Crippen LogP contribution in [0.1, 0.15) is 4.88 Å². The van der Waals surface area contributed by atoms with Crippen molar-refractivity contribution in [2.24, 2.45) is 0 Å². The summed E-state index contributed by atoms with van der Waals surface area (Å²) in [5.41, 5.74) is 1.45. The van der Waals surface area contributed by atoms with Gasteiger partial charge in [-0.2, -0.15) is 0 Å². The van der Waals surface area contributed by atoms with Crippen molar-refractivity contribution in [1.82, 2.24) is 9.97 Å². The molecule has 0 aliphatic carbocycles. The van der Waals surface area contributed by atoms with E-state index in [9.17, 15) is 4.39 Å². The summed E-state index contributed by atoms with van der Waals surface area (Å²) in [6.07, 6.45) is 0. The van der Waals surface area contributed by atoms with Gasteiger partial charge in [-0.25, -0.2) is 9.37 Å². The number of thiophene rings is 1. The van der Waals surface area contributed by atoms with Crippen LogP contribution in [0.5, 0.6) is 0 Å². The van der Waals surface area contributed by atoms with Gasteiger partial charge in [0.2, 0.25) is 5.95 Å². The predicted octanol–water partition coefficient (Wildman–Crippen LogP) is 4.14. The number of hydrogen-bond donors (Lipinski definition) is 2. The summed E-state index contributed by atoms with van der Waals surface area (Å²) in [6.45, 7) is 0.693. The highest BCUT2D eigenvalue weighted by atomic mass is 79.9. The molecule has 3 nitrogen and oxygen atoms in total. The Balaban J connectivity index is 1.78. The fourth-order valence-corrected chi connectivity index (χ4v) is 3.07. The van der Waals surface area contributed by atoms with E-state index < -0.39 is 0 Å². The molecular formula is C12H9BrFN3S. The third-order valence-electron chi connectivity index (χ3n) is 2.50. The monoisotopic (exact) mass is 325 g/mol. The Morgan fingerprint density at radius 2 is 2.28 bits per heavy atom. The molecular weight excluding hydrogens is 317 g/mol. The molecule has 0 unspecified atom stereocenters. The summed E-state index contributed by atoms with van der Waals surface area (Å²) in [6, 6.07) is 6.56. The van der Waals surface area contributed by atoms with Crippen LogP contribution >= 0.6 is 27.3 Å². The molecule has 1 aromatic carbocycles. The van der Waals surface area contributed by atoms with E-state index in [1.54, 1.807) is 17.4 Å². The molecule has 3 rings (SSSR count). The fourth-order valence-electron chi connectivity index (χ4n) is 1.68. The van der Waals surface area contributed by atoms with Gasteiger partial charge in [0.1, 0.15) is 5.82 Å². The highest BCUT2D eigenvalue weighted by Crippen LogP contribution is 2.21. The molecule has 0 aliphatic rings. The highest BCUT2D eigenvalue weighted by Gasteiger charge is 2.04. The number of nitrogens with one attached hydrogen (secondary N) is 2. The molecule has 0 saturated heterocycles. The van der Waals surface area contributed by atoms with Crippen molar-refractivity contribution < 1.29 is 4.39 Å². The second kappa shape index (κ2) is 4.70. The number of nitrogens with zero attached hydrogens (tertiary/aromatic N) is 1. The van der Waals surface area contributed by atoms with Gasteiger partial charge < -0.3 is 10.3 Å². The molecule has 2 N–H and O–H groups in total. The maximum Gasteiger partial charge on any atom is 0.201 e. The van der Waals surface area contributed by atoms with Crippen LogP contribution in [0.4, 0.5) is 10.3 Å². The Kier molecular flexibility index (Phi) is 3.05. The van der Waals surface area contributed by atoms with Crippen LogP contribution in [0.15, 0.2) is 34.1 Å². The third-order valence-corrected chi connectivity index (χ3v) is 4.19. The summed E-state index contributed by atoms with van der Waals surface area (Å²) in [4.78, 5) is 8.58. The molecule has 0 saturated carbocycles. The summed E-state index contributed by atoms with van der Waals surface area (Å²) in [7, 11) is 0. The minimum atomic E-state index is -0.264. The lowest BCUT2D eigenvalue weighted by Gasteiger charge is -1.98. The molecule has 0 fully saturated rings. The third kappa shape index (κ3) is 2.39. The van der Waals surface area contributed by atoms with Crippen molar-refractivity contribution in [2.45, 2.75) is 6.54 Å². The quantitative estimate of drug-likeness (QED) is 0.759. The van der Waals surface area contributed by atoms with Crippen LogP contribution in [0.2, 0.25) is 0 Å². The number of H-pyrrole nitrogens is 1. The van der Waals surface area contributed by atoms with Crippen molar-refractivity contribution in [3.8, 4) is 0 Å². The first kappa shape index (κ1) is 11.7. The SMILES string of the molecule is Fc1ccc2nc(NCc3cc(Br)cs3)[nH]c2c1. The molecule has 0 bridgehead atoms. The zero-order valence-electron chi connectivity index (χ0n) is 9.21. The zero-order valence-corrected chi connectivity index (χ0v) is 11.6. The van der Waals surface area contributed by atoms with Crippen LogP contribution in [0, 0.1) is 5.82 Å². The Morgan fingerprint density at radius 1 is 1.39 bits per heavy atom. The zero-order chi connectivity index (χ0) is 12.5. The minimum absolute atomic E-state index is 0.264. The van der Waals surface area contributed by atoms with Crippen LogP contribution in [-0.4, -0.2) is 9.97 Å². The summed E-state index contributed by atoms with van der Waals surface area (Å²) in [5.74, 6) is 0.389. The summed E-state index contributed by atoms with van der Waals surface area (Å²) in [5, 5.41) is 5.22. The molecule has 18 heavy (non-hydrogen) atoms. The number of anilines is 1. The van der Waals surface area contributed by atoms with Crippen molar-refractivity contribution in [3.63, 3.8) is 0 Å². The number of aromatic nitrogens is 2. The molecule has 0 amide bonds. The van der Waals surface area contributed by atoms with E-state index in [1.165, 1.54) is 17.0 Å². The van der Waals surface area contributed by atoms with Crippen molar-refractivity contribution >= 4 is 44.2 Å². The number of rotatable bonds is 3. The van der Waals surface area contributed by atoms with E-state index in [-0.39, 0.29) is 5.82 Å². The van der Waals surface area contributed by atoms with Gasteiger partial charge in [0.15, 0.2) is 0 Å². The van der Waals surface area contributed by atoms with Gasteiger partial charge in [-0.15, -0.1) is 11.3 Å². The smallest absolute Gasteiger partial charge is 0.201 e. The van der Waals surface area contributed by atoms with Gasteiger partial charge in [-0.05, 0) is 40.2 Å². The molecule has 0 aliphatic heterocycles. The first-order chi connectivity index (χ1) is 8.70. The maximum absolute atomic E-state index is 13.0. The average Bonchev–Trinajstić information content (AvgIpc) is 2.92. The van der Waals surface area contributed by atoms with Gasteiger partial charge in [0.05, 0.1) is 17.6 Å². The largest absolute Gasteiger partial charge is 0.351 e. The van der Waals surface area contributed by atoms with Crippen LogP contribution in [0.25, 0.3) is 11.0 Å². The molecule has 92 valence electrons. The van der Waals surface area contributed by atoms with Crippen molar-refractivity contribution in [2.75, 3.05) is 5.32 Å². The van der Waals surface area contributed by atoms with Crippen LogP contribution in [0.3, 0.4) is 0 Å². The van der Waals surface area contributed by atoms with Crippen LogP contribution < -0.4 is 5.32 Å². The second-order valence-electron chi connectivity index (χ2n) is 3.83. The number of fused-ring (bicyclic) bond motifs is 1. The number of benzene rings is 1. The Labute approximate surface area is 115 Å². The Bertz CT molecular complexity index is 692. The van der Waals surface area contributed by atoms with E-state index in [1.807, 2.05) is 5.38 Å². The van der Waals surface area contributed by atoms with Gasteiger partial charge >= 0.3 is 0 Å². The van der Waals surface area contributed by atoms with E-state index in [0.717, 1.165) is 9.99 Å². The van der Waals surface area contributed by atoms with E-state index in [2.05, 4.69) is 37.3 Å². The number of halogens is 2. The summed E-state index contributed by atoms with van der Waals surface area (Å²) < 4.78 is 14.1. The highest BCUT2D eigenvalue weighted by molar-refractivity contribution is 9.10. The first-order valence-electron chi connectivity index (χ1n) is 5.33. The molecule has 2 heterocycles. The number of aromatic amines is 1. The van der Waals surface area contributed by atoms with Gasteiger partial charge in [0.25, 0.3) is 0 Å². The standard InChI is InChI=1S/C12H9BrFN3S/c13-7-3-9(18-6-7)5-15-12-16-10-2-1-8(14)4-11(10)17-12/h1-4,6H,5H2,(H2,15,16,17). The van der Waals surface area contributed by atoms with Crippen molar-refractivity contribution in [1.29, 1.82) is 0 Å². The molecule has 6 heteroatoms. The lowest BCUT2D eigenvalue weighted by molar-refractivity contribution is 0.629. The van der Waals surface area contributed by atoms with Crippen LogP contribution in [-0.2, 0) is 6.54 Å². The molecule has 2 aromatic heterocycles. The summed E-state index contributed by atoms with van der Waals surface area (Å²) >= 11 is 5.08. The number of hydrogen-bond acceptors (Lipinski definition) is 3. The lowest BCUT2D eigenvalue weighted by atomic mass is 10.3. The fraction of sp³-hybridized carbons (Fsp3) is 0.0833. The first-order valence-corrected chi connectivity index (χ1v) is 7.00. The van der Waals surface area contributed by atoms with Gasteiger partial charge in [-0.1, -0.05) is 0 Å². The van der Waals surface area contributed by atoms with Gasteiger partial charge in [-0.3, -0.25) is 0 Å². The van der Waals surface area contributed by atoms with Gasteiger partial charge in [0, 0.05) is 14.7 Å². The Morgan fingerprint density at radius 3 is 3.06 bits per heavy atom. The molecule has 0 spiro atoms. The second-order valence-corrected chi connectivity index (χ2v) is 5.74. The number of imidazole rings is 1. The maximum atomic E-state index is 13.0. The predicted molar refractivity (Wildman–Crippen MR) is 75.4 cm³/mol.